The van der Waals surface area contributed by atoms with Gasteiger partial charge in [0.05, 0.1) is 32.6 Å². The van der Waals surface area contributed by atoms with Crippen LogP contribution in [-0.4, -0.2) is 37.1 Å². The van der Waals surface area contributed by atoms with E-state index in [4.69, 9.17) is 5.73 Å². The van der Waals surface area contributed by atoms with E-state index in [-0.39, 0.29) is 35.8 Å². The summed E-state index contributed by atoms with van der Waals surface area (Å²) >= 11 is 0. The molecule has 4 heteroatoms. The maximum Gasteiger partial charge on any atom is 0.225 e. The van der Waals surface area contributed by atoms with E-state index < -0.39 is 0 Å². The van der Waals surface area contributed by atoms with Crippen molar-refractivity contribution in [1.82, 2.24) is 0 Å². The lowest BCUT2D eigenvalue weighted by molar-refractivity contribution is -0.914. The molecule has 1 amide bonds. The van der Waals surface area contributed by atoms with Gasteiger partial charge in [0.2, 0.25) is 5.91 Å². The normalized spacial score (nSPS) is 18.9. The maximum atomic E-state index is 11.7. The van der Waals surface area contributed by atoms with Gasteiger partial charge in [0.1, 0.15) is 0 Å². The second-order valence-corrected chi connectivity index (χ2v) is 6.01. The van der Waals surface area contributed by atoms with Gasteiger partial charge in [0.15, 0.2) is 0 Å². The van der Waals surface area contributed by atoms with Crippen LogP contribution < -0.4 is 29.7 Å². The molecule has 1 aliphatic rings. The lowest BCUT2D eigenvalue weighted by atomic mass is 9.94. The van der Waals surface area contributed by atoms with E-state index in [9.17, 15) is 4.79 Å². The minimum Gasteiger partial charge on any atom is -1.00 e. The molecule has 1 saturated heterocycles. The zero-order valence-electron chi connectivity index (χ0n) is 12.2. The Labute approximate surface area is 139 Å². The molecule has 2 N–H and O–H groups in total. The Hall–Kier alpha value is -0.620. The lowest BCUT2D eigenvalue weighted by Gasteiger charge is -2.38. The predicted octanol–water partition coefficient (Wildman–Crippen LogP) is -0.720. The molecule has 0 saturated carbocycles. The molecule has 0 spiro atoms. The van der Waals surface area contributed by atoms with E-state index >= 15 is 0 Å². The molecule has 0 aromatic heterocycles. The van der Waals surface area contributed by atoms with Crippen molar-refractivity contribution in [3.8, 4) is 0 Å². The lowest BCUT2D eigenvalue weighted by Crippen LogP contribution is -3.00. The summed E-state index contributed by atoms with van der Waals surface area (Å²) in [5.74, 6) is -0.340. The van der Waals surface area contributed by atoms with Gasteiger partial charge in [-0.15, -0.1) is 0 Å². The van der Waals surface area contributed by atoms with E-state index in [2.05, 4.69) is 7.05 Å². The number of hydrogen-bond acceptors (Lipinski definition) is 1. The summed E-state index contributed by atoms with van der Waals surface area (Å²) in [5.41, 5.74) is 6.64. The average molecular weight is 388 g/mol. The van der Waals surface area contributed by atoms with E-state index in [1.807, 2.05) is 30.3 Å². The van der Waals surface area contributed by atoms with Crippen LogP contribution in [0.25, 0.3) is 0 Å². The molecule has 0 radical (unpaired) electrons. The molecule has 1 aliphatic heterocycles. The van der Waals surface area contributed by atoms with Crippen LogP contribution in [0, 0.1) is 0 Å². The molecule has 3 nitrogen and oxygen atoms in total. The topological polar surface area (TPSA) is 43.1 Å². The highest BCUT2D eigenvalue weighted by molar-refractivity contribution is 5.81. The number of benzene rings is 1. The van der Waals surface area contributed by atoms with Crippen LogP contribution in [0.5, 0.6) is 0 Å². The van der Waals surface area contributed by atoms with Crippen molar-refractivity contribution in [3.05, 3.63) is 35.9 Å². The molecule has 1 heterocycles. The highest BCUT2D eigenvalue weighted by atomic mass is 127. The van der Waals surface area contributed by atoms with Gasteiger partial charge in [-0.1, -0.05) is 30.3 Å². The molecule has 0 aliphatic carbocycles. The Morgan fingerprint density at radius 1 is 1.20 bits per heavy atom. The number of quaternary nitrogens is 1. The number of likely N-dealkylation sites (tertiary alicyclic amines) is 1. The summed E-state index contributed by atoms with van der Waals surface area (Å²) in [4.78, 5) is 11.7. The summed E-state index contributed by atoms with van der Waals surface area (Å²) in [6, 6.07) is 9.93. The zero-order valence-corrected chi connectivity index (χ0v) is 14.4. The molecule has 112 valence electrons. The number of nitrogens with two attached hydrogens (primary N) is 1. The second-order valence-electron chi connectivity index (χ2n) is 6.01. The fourth-order valence-electron chi connectivity index (χ4n) is 3.10. The average Bonchev–Trinajstić information content (AvgIpc) is 2.40. The van der Waals surface area contributed by atoms with Crippen LogP contribution in [0.4, 0.5) is 0 Å². The first-order valence-corrected chi connectivity index (χ1v) is 7.28. The number of halogens is 1. The van der Waals surface area contributed by atoms with Crippen LogP contribution >= 0.6 is 0 Å². The molecule has 1 atom stereocenters. The van der Waals surface area contributed by atoms with Crippen LogP contribution in [0.15, 0.2) is 30.3 Å². The van der Waals surface area contributed by atoms with Gasteiger partial charge in [-0.2, -0.15) is 0 Å². The minimum atomic E-state index is -0.199. The summed E-state index contributed by atoms with van der Waals surface area (Å²) in [6.07, 6.45) is 4.83. The van der Waals surface area contributed by atoms with Crippen molar-refractivity contribution in [2.24, 2.45) is 5.73 Å². The third-order valence-corrected chi connectivity index (χ3v) is 4.40. The van der Waals surface area contributed by atoms with E-state index in [1.54, 1.807) is 0 Å². The van der Waals surface area contributed by atoms with Gasteiger partial charge in [-0.05, 0) is 24.8 Å². The van der Waals surface area contributed by atoms with Crippen molar-refractivity contribution in [2.45, 2.75) is 31.6 Å². The number of hydrogen-bond donors (Lipinski definition) is 1. The van der Waals surface area contributed by atoms with E-state index in [1.165, 1.54) is 32.4 Å². The third-order valence-electron chi connectivity index (χ3n) is 4.40. The predicted molar refractivity (Wildman–Crippen MR) is 77.6 cm³/mol. The van der Waals surface area contributed by atoms with Crippen molar-refractivity contribution >= 4 is 5.91 Å². The Morgan fingerprint density at radius 2 is 1.80 bits per heavy atom. The smallest absolute Gasteiger partial charge is 0.225 e. The second kappa shape index (κ2) is 7.98. The number of nitrogens with zero attached hydrogens (tertiary/aromatic N) is 1. The van der Waals surface area contributed by atoms with E-state index in [0.29, 0.717) is 0 Å². The van der Waals surface area contributed by atoms with Crippen LogP contribution in [0.2, 0.25) is 0 Å². The fraction of sp³-hybridized carbons (Fsp3) is 0.562. The molecule has 0 bridgehead atoms. The maximum absolute atomic E-state index is 11.7. The van der Waals surface area contributed by atoms with Crippen molar-refractivity contribution in [1.29, 1.82) is 0 Å². The van der Waals surface area contributed by atoms with Crippen molar-refractivity contribution in [3.63, 3.8) is 0 Å². The van der Waals surface area contributed by atoms with Gasteiger partial charge in [-0.3, -0.25) is 4.79 Å². The van der Waals surface area contributed by atoms with Gasteiger partial charge in [-0.25, -0.2) is 0 Å². The SMILES string of the molecule is C[N+]1(CCC(C(N)=O)c2ccccc2)CCCCC1.[I-]. The standard InChI is InChI=1S/C16H24N2O.HI/c1-18(11-6-3-7-12-18)13-10-15(16(17)19)14-8-4-2-5-9-14;/h2,4-5,8-9,15H,3,6-7,10-13H2,1H3,(H-,17,19);1H. The molecular formula is C16H25IN2O. The first-order chi connectivity index (χ1) is 9.11. The van der Waals surface area contributed by atoms with Crippen LogP contribution in [0.3, 0.4) is 0 Å². The summed E-state index contributed by atoms with van der Waals surface area (Å²) < 4.78 is 1.09. The summed E-state index contributed by atoms with van der Waals surface area (Å²) in [5, 5.41) is 0. The number of carbonyl (C=O) groups excluding carboxylic acids is 1. The molecule has 1 aromatic carbocycles. The number of carbonyl (C=O) groups is 1. The van der Waals surface area contributed by atoms with Gasteiger partial charge < -0.3 is 34.2 Å². The number of primary amides is 1. The van der Waals surface area contributed by atoms with Crippen molar-refractivity contribution < 1.29 is 33.3 Å². The van der Waals surface area contributed by atoms with Crippen molar-refractivity contribution in [2.75, 3.05) is 26.7 Å². The zero-order chi connectivity index (χ0) is 13.7. The highest BCUT2D eigenvalue weighted by Gasteiger charge is 2.27. The fourth-order valence-corrected chi connectivity index (χ4v) is 3.10. The Morgan fingerprint density at radius 3 is 2.35 bits per heavy atom. The number of amides is 1. The quantitative estimate of drug-likeness (QED) is 0.525. The molecule has 1 unspecified atom stereocenters. The van der Waals surface area contributed by atoms with Gasteiger partial charge >= 0.3 is 0 Å². The monoisotopic (exact) mass is 388 g/mol. The van der Waals surface area contributed by atoms with Gasteiger partial charge in [0.25, 0.3) is 0 Å². The first-order valence-electron chi connectivity index (χ1n) is 7.28. The number of piperidine rings is 1. The molecule has 20 heavy (non-hydrogen) atoms. The molecule has 2 rings (SSSR count). The van der Waals surface area contributed by atoms with Gasteiger partial charge in [0, 0.05) is 6.42 Å². The Kier molecular flexibility index (Phi) is 6.95. The first kappa shape index (κ1) is 17.4. The summed E-state index contributed by atoms with van der Waals surface area (Å²) in [7, 11) is 2.31. The Balaban J connectivity index is 0.00000200. The van der Waals surface area contributed by atoms with Crippen LogP contribution in [0.1, 0.15) is 37.2 Å². The molecule has 1 aromatic rings. The van der Waals surface area contributed by atoms with E-state index in [0.717, 1.165) is 23.0 Å². The highest BCUT2D eigenvalue weighted by Crippen LogP contribution is 2.23. The third kappa shape index (κ3) is 4.74. The minimum absolute atomic E-state index is 0. The summed E-state index contributed by atoms with van der Waals surface area (Å²) in [6.45, 7) is 3.52. The largest absolute Gasteiger partial charge is 1.00 e. The molecule has 1 fully saturated rings. The number of rotatable bonds is 5. The van der Waals surface area contributed by atoms with Crippen LogP contribution in [-0.2, 0) is 4.79 Å². The Bertz CT molecular complexity index is 416. The molecular weight excluding hydrogens is 363 g/mol.